The van der Waals surface area contributed by atoms with E-state index in [0.29, 0.717) is 25.5 Å². The standard InChI is InChI=1S/C16H20N4O2/c1-12-10-19(8-9-22-12)15(21)11-20-16(17-13(2)18-20)14-6-4-3-5-7-14/h3-7,12H,8-11H2,1-2H3/t12-/m1/s1. The Morgan fingerprint density at radius 3 is 2.86 bits per heavy atom. The number of rotatable bonds is 3. The number of amides is 1. The number of hydrogen-bond acceptors (Lipinski definition) is 4. The number of aryl methyl sites for hydroxylation is 1. The van der Waals surface area contributed by atoms with Gasteiger partial charge in [-0.1, -0.05) is 30.3 Å². The molecular formula is C16H20N4O2. The van der Waals surface area contributed by atoms with Crippen LogP contribution < -0.4 is 0 Å². The second kappa shape index (κ2) is 6.27. The summed E-state index contributed by atoms with van der Waals surface area (Å²) >= 11 is 0. The summed E-state index contributed by atoms with van der Waals surface area (Å²) in [6, 6.07) is 9.81. The molecule has 116 valence electrons. The van der Waals surface area contributed by atoms with Crippen LogP contribution in [0.2, 0.25) is 0 Å². The Labute approximate surface area is 129 Å². The third kappa shape index (κ3) is 3.17. The molecule has 0 unspecified atom stereocenters. The maximum absolute atomic E-state index is 12.5. The van der Waals surface area contributed by atoms with Crippen molar-refractivity contribution in [1.82, 2.24) is 19.7 Å². The van der Waals surface area contributed by atoms with Gasteiger partial charge in [-0.2, -0.15) is 5.10 Å². The largest absolute Gasteiger partial charge is 0.375 e. The SMILES string of the molecule is Cc1nc(-c2ccccc2)n(CC(=O)N2CCO[C@H](C)C2)n1. The first-order chi connectivity index (χ1) is 10.6. The molecule has 6 nitrogen and oxygen atoms in total. The lowest BCUT2D eigenvalue weighted by atomic mass is 10.2. The van der Waals surface area contributed by atoms with Crippen molar-refractivity contribution in [3.8, 4) is 11.4 Å². The van der Waals surface area contributed by atoms with Crippen molar-refractivity contribution in [3.05, 3.63) is 36.2 Å². The number of morpholine rings is 1. The van der Waals surface area contributed by atoms with Gasteiger partial charge in [-0.15, -0.1) is 0 Å². The van der Waals surface area contributed by atoms with E-state index in [0.717, 1.165) is 11.4 Å². The third-order valence-electron chi connectivity index (χ3n) is 3.69. The first-order valence-corrected chi connectivity index (χ1v) is 7.50. The van der Waals surface area contributed by atoms with Crippen molar-refractivity contribution in [1.29, 1.82) is 0 Å². The van der Waals surface area contributed by atoms with Crippen molar-refractivity contribution < 1.29 is 9.53 Å². The molecule has 1 aromatic heterocycles. The number of hydrogen-bond donors (Lipinski definition) is 0. The summed E-state index contributed by atoms with van der Waals surface area (Å²) in [5.74, 6) is 1.45. The molecule has 2 heterocycles. The molecule has 6 heteroatoms. The summed E-state index contributed by atoms with van der Waals surface area (Å²) in [6.45, 7) is 5.88. The van der Waals surface area contributed by atoms with Crippen LogP contribution in [0.4, 0.5) is 0 Å². The Morgan fingerprint density at radius 1 is 1.36 bits per heavy atom. The van der Waals surface area contributed by atoms with E-state index in [1.807, 2.05) is 49.1 Å². The minimum Gasteiger partial charge on any atom is -0.375 e. The highest BCUT2D eigenvalue weighted by Crippen LogP contribution is 2.17. The smallest absolute Gasteiger partial charge is 0.244 e. The first-order valence-electron chi connectivity index (χ1n) is 7.50. The van der Waals surface area contributed by atoms with Gasteiger partial charge in [-0.05, 0) is 13.8 Å². The van der Waals surface area contributed by atoms with E-state index in [4.69, 9.17) is 4.74 Å². The van der Waals surface area contributed by atoms with E-state index in [1.54, 1.807) is 4.68 Å². The Hall–Kier alpha value is -2.21. The van der Waals surface area contributed by atoms with Crippen molar-refractivity contribution >= 4 is 5.91 Å². The lowest BCUT2D eigenvalue weighted by molar-refractivity contribution is -0.138. The molecule has 1 aliphatic rings. The number of carbonyl (C=O) groups is 1. The van der Waals surface area contributed by atoms with Gasteiger partial charge >= 0.3 is 0 Å². The Bertz CT molecular complexity index is 653. The molecule has 2 aromatic rings. The Kier molecular flexibility index (Phi) is 4.20. The maximum Gasteiger partial charge on any atom is 0.244 e. The number of carbonyl (C=O) groups excluding carboxylic acids is 1. The van der Waals surface area contributed by atoms with Crippen LogP contribution in [0.3, 0.4) is 0 Å². The Morgan fingerprint density at radius 2 is 2.14 bits per heavy atom. The van der Waals surface area contributed by atoms with Gasteiger partial charge in [-0.3, -0.25) is 4.79 Å². The van der Waals surface area contributed by atoms with Gasteiger partial charge in [0.15, 0.2) is 5.82 Å². The van der Waals surface area contributed by atoms with E-state index in [2.05, 4.69) is 10.1 Å². The third-order valence-corrected chi connectivity index (χ3v) is 3.69. The van der Waals surface area contributed by atoms with Crippen molar-refractivity contribution in [2.24, 2.45) is 0 Å². The fraction of sp³-hybridized carbons (Fsp3) is 0.438. The molecule has 0 bridgehead atoms. The van der Waals surface area contributed by atoms with E-state index in [9.17, 15) is 4.79 Å². The van der Waals surface area contributed by atoms with Crippen molar-refractivity contribution in [2.45, 2.75) is 26.5 Å². The topological polar surface area (TPSA) is 60.2 Å². The van der Waals surface area contributed by atoms with Crippen LogP contribution in [0.15, 0.2) is 30.3 Å². The number of aromatic nitrogens is 3. The molecule has 0 radical (unpaired) electrons. The number of benzene rings is 1. The quantitative estimate of drug-likeness (QED) is 0.862. The first kappa shape index (κ1) is 14.7. The van der Waals surface area contributed by atoms with Crippen LogP contribution >= 0.6 is 0 Å². The van der Waals surface area contributed by atoms with Gasteiger partial charge in [0.25, 0.3) is 0 Å². The summed E-state index contributed by atoms with van der Waals surface area (Å²) in [7, 11) is 0. The number of nitrogens with zero attached hydrogens (tertiary/aromatic N) is 4. The van der Waals surface area contributed by atoms with E-state index in [1.165, 1.54) is 0 Å². The van der Waals surface area contributed by atoms with Gasteiger partial charge in [-0.25, -0.2) is 9.67 Å². The van der Waals surface area contributed by atoms with Crippen LogP contribution in [0.5, 0.6) is 0 Å². The minimum absolute atomic E-state index is 0.0530. The molecule has 1 amide bonds. The zero-order valence-corrected chi connectivity index (χ0v) is 12.9. The average molecular weight is 300 g/mol. The van der Waals surface area contributed by atoms with Crippen LogP contribution in [0, 0.1) is 6.92 Å². The lowest BCUT2D eigenvalue weighted by Gasteiger charge is -2.31. The summed E-state index contributed by atoms with van der Waals surface area (Å²) in [6.07, 6.45) is 0.0868. The molecule has 0 spiro atoms. The minimum atomic E-state index is 0.0530. The Balaban J connectivity index is 1.79. The van der Waals surface area contributed by atoms with Gasteiger partial charge in [0, 0.05) is 18.7 Å². The molecular weight excluding hydrogens is 280 g/mol. The zero-order valence-electron chi connectivity index (χ0n) is 12.9. The highest BCUT2D eigenvalue weighted by Gasteiger charge is 2.23. The lowest BCUT2D eigenvalue weighted by Crippen LogP contribution is -2.45. The van der Waals surface area contributed by atoms with Gasteiger partial charge in [0.2, 0.25) is 5.91 Å². The van der Waals surface area contributed by atoms with E-state index in [-0.39, 0.29) is 18.6 Å². The average Bonchev–Trinajstić information content (AvgIpc) is 2.88. The predicted molar refractivity (Wildman–Crippen MR) is 82.2 cm³/mol. The van der Waals surface area contributed by atoms with Gasteiger partial charge < -0.3 is 9.64 Å². The molecule has 1 atom stereocenters. The van der Waals surface area contributed by atoms with E-state index >= 15 is 0 Å². The highest BCUT2D eigenvalue weighted by molar-refractivity contribution is 5.76. The second-order valence-corrected chi connectivity index (χ2v) is 5.53. The van der Waals surface area contributed by atoms with Gasteiger partial charge in [0.1, 0.15) is 12.4 Å². The van der Waals surface area contributed by atoms with Gasteiger partial charge in [0.05, 0.1) is 12.7 Å². The summed E-state index contributed by atoms with van der Waals surface area (Å²) in [5, 5.41) is 4.37. The van der Waals surface area contributed by atoms with Crippen LogP contribution in [-0.4, -0.2) is 51.4 Å². The van der Waals surface area contributed by atoms with Crippen LogP contribution in [0.1, 0.15) is 12.7 Å². The molecule has 3 rings (SSSR count). The summed E-state index contributed by atoms with van der Waals surface area (Å²) in [4.78, 5) is 18.8. The monoisotopic (exact) mass is 300 g/mol. The number of ether oxygens (including phenoxy) is 1. The predicted octanol–water partition coefficient (Wildman–Crippen LogP) is 1.50. The van der Waals surface area contributed by atoms with Crippen LogP contribution in [0.25, 0.3) is 11.4 Å². The fourth-order valence-corrected chi connectivity index (χ4v) is 2.64. The normalized spacial score (nSPS) is 18.5. The molecule has 1 aliphatic heterocycles. The second-order valence-electron chi connectivity index (χ2n) is 5.53. The molecule has 1 fully saturated rings. The molecule has 0 N–H and O–H groups in total. The van der Waals surface area contributed by atoms with Crippen LogP contribution in [-0.2, 0) is 16.1 Å². The molecule has 1 aromatic carbocycles. The fourth-order valence-electron chi connectivity index (χ4n) is 2.64. The molecule has 22 heavy (non-hydrogen) atoms. The summed E-state index contributed by atoms with van der Waals surface area (Å²) < 4.78 is 7.16. The molecule has 0 aliphatic carbocycles. The maximum atomic E-state index is 12.5. The van der Waals surface area contributed by atoms with E-state index < -0.39 is 0 Å². The zero-order chi connectivity index (χ0) is 15.5. The van der Waals surface area contributed by atoms with Crippen molar-refractivity contribution in [2.75, 3.05) is 19.7 Å². The molecule has 0 saturated carbocycles. The van der Waals surface area contributed by atoms with Crippen molar-refractivity contribution in [3.63, 3.8) is 0 Å². The molecule has 1 saturated heterocycles. The summed E-state index contributed by atoms with van der Waals surface area (Å²) in [5.41, 5.74) is 0.964. The highest BCUT2D eigenvalue weighted by atomic mass is 16.5.